The molecule has 5 heteroatoms. The maximum Gasteiger partial charge on any atom is 0.339 e. The first-order chi connectivity index (χ1) is 12.5. The number of hydrogen-bond acceptors (Lipinski definition) is 4. The molecule has 0 aliphatic heterocycles. The van der Waals surface area contributed by atoms with Crippen molar-refractivity contribution < 1.29 is 17.3 Å². The number of aryl methyl sites for hydroxylation is 1. The molecule has 0 radical (unpaired) electrons. The highest BCUT2D eigenvalue weighted by Gasteiger charge is 2.16. The lowest BCUT2D eigenvalue weighted by Crippen LogP contribution is -2.09. The van der Waals surface area contributed by atoms with Gasteiger partial charge in [-0.1, -0.05) is 56.7 Å². The van der Waals surface area contributed by atoms with E-state index in [1.165, 1.54) is 32.1 Å². The number of unbranched alkanes of at least 4 members (excludes halogenated alkanes) is 5. The van der Waals surface area contributed by atoms with E-state index in [2.05, 4.69) is 6.92 Å². The fourth-order valence-electron chi connectivity index (χ4n) is 2.54. The van der Waals surface area contributed by atoms with Crippen molar-refractivity contribution in [1.29, 1.82) is 0 Å². The smallest absolute Gasteiger partial charge is 0.339 e. The minimum Gasteiger partial charge on any atom is -0.494 e. The van der Waals surface area contributed by atoms with Gasteiger partial charge in [0.05, 0.1) is 6.61 Å². The van der Waals surface area contributed by atoms with E-state index in [0.29, 0.717) is 6.61 Å². The zero-order chi connectivity index (χ0) is 18.8. The summed E-state index contributed by atoms with van der Waals surface area (Å²) in [6, 6.07) is 13.3. The van der Waals surface area contributed by atoms with Crippen molar-refractivity contribution in [2.24, 2.45) is 0 Å². The third-order valence-electron chi connectivity index (χ3n) is 4.11. The van der Waals surface area contributed by atoms with Crippen LogP contribution < -0.4 is 8.92 Å². The maximum absolute atomic E-state index is 12.3. The van der Waals surface area contributed by atoms with Gasteiger partial charge in [0.15, 0.2) is 0 Å². The predicted octanol–water partition coefficient (Wildman–Crippen LogP) is 5.50. The van der Waals surface area contributed by atoms with Crippen molar-refractivity contribution in [1.82, 2.24) is 0 Å². The quantitative estimate of drug-likeness (QED) is 0.384. The van der Waals surface area contributed by atoms with Crippen molar-refractivity contribution in [3.05, 3.63) is 54.1 Å². The molecule has 142 valence electrons. The molecule has 2 rings (SSSR count). The van der Waals surface area contributed by atoms with Crippen molar-refractivity contribution in [3.63, 3.8) is 0 Å². The Morgan fingerprint density at radius 1 is 0.769 bits per heavy atom. The summed E-state index contributed by atoms with van der Waals surface area (Å²) in [5, 5.41) is 0. The SMILES string of the molecule is CCCCCCCCOc1ccc(OS(=O)(=O)c2ccc(C)cc2)cc1. The number of rotatable bonds is 11. The normalized spacial score (nSPS) is 11.3. The van der Waals surface area contributed by atoms with Crippen LogP contribution in [0.5, 0.6) is 11.5 Å². The zero-order valence-electron chi connectivity index (χ0n) is 15.6. The number of ether oxygens (including phenoxy) is 1. The summed E-state index contributed by atoms with van der Waals surface area (Å²) in [7, 11) is -3.82. The van der Waals surface area contributed by atoms with Gasteiger partial charge in [0.2, 0.25) is 0 Å². The number of benzene rings is 2. The Bertz CT molecular complexity index is 750. The molecule has 4 nitrogen and oxygen atoms in total. The van der Waals surface area contributed by atoms with Gasteiger partial charge in [-0.25, -0.2) is 0 Å². The van der Waals surface area contributed by atoms with Crippen molar-refractivity contribution in [2.45, 2.75) is 57.3 Å². The van der Waals surface area contributed by atoms with Gasteiger partial charge in [-0.15, -0.1) is 0 Å². The van der Waals surface area contributed by atoms with Crippen LogP contribution in [0.2, 0.25) is 0 Å². The molecule has 0 saturated heterocycles. The summed E-state index contributed by atoms with van der Waals surface area (Å²) in [6.45, 7) is 4.79. The molecule has 0 spiro atoms. The molecule has 0 amide bonds. The van der Waals surface area contributed by atoms with Crippen LogP contribution in [0.3, 0.4) is 0 Å². The zero-order valence-corrected chi connectivity index (χ0v) is 16.4. The first kappa shape index (κ1) is 20.3. The summed E-state index contributed by atoms with van der Waals surface area (Å²) in [5.41, 5.74) is 0.996. The standard InChI is InChI=1S/C21H28O4S/c1-3-4-5-6-7-8-17-24-19-11-13-20(14-12-19)25-26(22,23)21-15-9-18(2)10-16-21/h9-16H,3-8,17H2,1-2H3. The summed E-state index contributed by atoms with van der Waals surface area (Å²) < 4.78 is 35.4. The Labute approximate surface area is 157 Å². The van der Waals surface area contributed by atoms with E-state index in [9.17, 15) is 8.42 Å². The Balaban J connectivity index is 1.80. The average molecular weight is 377 g/mol. The highest BCUT2D eigenvalue weighted by molar-refractivity contribution is 7.87. The van der Waals surface area contributed by atoms with Gasteiger partial charge < -0.3 is 8.92 Å². The van der Waals surface area contributed by atoms with Gasteiger partial charge in [0.25, 0.3) is 0 Å². The van der Waals surface area contributed by atoms with E-state index in [1.807, 2.05) is 6.92 Å². The van der Waals surface area contributed by atoms with Gasteiger partial charge in [-0.05, 0) is 49.7 Å². The van der Waals surface area contributed by atoms with Crippen LogP contribution in [0.4, 0.5) is 0 Å². The van der Waals surface area contributed by atoms with Crippen LogP contribution in [-0.4, -0.2) is 15.0 Å². The van der Waals surface area contributed by atoms with E-state index in [1.54, 1.807) is 48.5 Å². The molecular formula is C21H28O4S. The van der Waals surface area contributed by atoms with Gasteiger partial charge in [0.1, 0.15) is 16.4 Å². The third kappa shape index (κ3) is 6.71. The van der Waals surface area contributed by atoms with Crippen LogP contribution in [0.1, 0.15) is 51.0 Å². The monoisotopic (exact) mass is 376 g/mol. The molecule has 0 unspecified atom stereocenters. The fourth-order valence-corrected chi connectivity index (χ4v) is 3.47. The molecular weight excluding hydrogens is 348 g/mol. The first-order valence-corrected chi connectivity index (χ1v) is 10.7. The topological polar surface area (TPSA) is 52.6 Å². The largest absolute Gasteiger partial charge is 0.494 e. The van der Waals surface area contributed by atoms with Crippen LogP contribution in [0.15, 0.2) is 53.4 Å². The van der Waals surface area contributed by atoms with Gasteiger partial charge >= 0.3 is 10.1 Å². The Morgan fingerprint density at radius 2 is 1.35 bits per heavy atom. The second-order valence-electron chi connectivity index (χ2n) is 6.44. The third-order valence-corrected chi connectivity index (χ3v) is 5.37. The second-order valence-corrected chi connectivity index (χ2v) is 7.98. The minimum atomic E-state index is -3.82. The van der Waals surface area contributed by atoms with Crippen LogP contribution in [-0.2, 0) is 10.1 Å². The Morgan fingerprint density at radius 3 is 2.00 bits per heavy atom. The van der Waals surface area contributed by atoms with E-state index in [4.69, 9.17) is 8.92 Å². The lowest BCUT2D eigenvalue weighted by Gasteiger charge is -2.09. The molecule has 0 bridgehead atoms. The molecule has 2 aromatic rings. The fraction of sp³-hybridized carbons (Fsp3) is 0.429. The first-order valence-electron chi connectivity index (χ1n) is 9.25. The van der Waals surface area contributed by atoms with Gasteiger partial charge in [-0.3, -0.25) is 0 Å². The molecule has 0 aliphatic carbocycles. The highest BCUT2D eigenvalue weighted by Crippen LogP contribution is 2.22. The molecule has 0 atom stereocenters. The van der Waals surface area contributed by atoms with Crippen molar-refractivity contribution in [3.8, 4) is 11.5 Å². The van der Waals surface area contributed by atoms with E-state index in [-0.39, 0.29) is 10.6 Å². The van der Waals surface area contributed by atoms with Crippen LogP contribution >= 0.6 is 0 Å². The number of hydrogen-bond donors (Lipinski definition) is 0. The molecule has 26 heavy (non-hydrogen) atoms. The Hall–Kier alpha value is -2.01. The van der Waals surface area contributed by atoms with E-state index in [0.717, 1.165) is 17.7 Å². The molecule has 2 aromatic carbocycles. The maximum atomic E-state index is 12.3. The lowest BCUT2D eigenvalue weighted by atomic mass is 10.1. The second kappa shape index (κ2) is 10.2. The predicted molar refractivity (Wildman–Crippen MR) is 104 cm³/mol. The summed E-state index contributed by atoms with van der Waals surface area (Å²) in [6.07, 6.45) is 7.30. The average Bonchev–Trinajstić information content (AvgIpc) is 2.62. The Kier molecular flexibility index (Phi) is 7.98. The van der Waals surface area contributed by atoms with E-state index >= 15 is 0 Å². The van der Waals surface area contributed by atoms with Gasteiger partial charge in [0, 0.05) is 0 Å². The van der Waals surface area contributed by atoms with Gasteiger partial charge in [-0.2, -0.15) is 8.42 Å². The van der Waals surface area contributed by atoms with E-state index < -0.39 is 10.1 Å². The molecule has 0 heterocycles. The minimum absolute atomic E-state index is 0.145. The van der Waals surface area contributed by atoms with Crippen molar-refractivity contribution in [2.75, 3.05) is 6.61 Å². The van der Waals surface area contributed by atoms with Crippen molar-refractivity contribution >= 4 is 10.1 Å². The summed E-state index contributed by atoms with van der Waals surface area (Å²) >= 11 is 0. The molecule has 0 N–H and O–H groups in total. The molecule has 0 saturated carbocycles. The lowest BCUT2D eigenvalue weighted by molar-refractivity contribution is 0.304. The highest BCUT2D eigenvalue weighted by atomic mass is 32.2. The molecule has 0 fully saturated rings. The molecule has 0 aromatic heterocycles. The molecule has 0 aliphatic rings. The summed E-state index contributed by atoms with van der Waals surface area (Å²) in [5.74, 6) is 0.996. The van der Waals surface area contributed by atoms with Crippen LogP contribution in [0.25, 0.3) is 0 Å². The van der Waals surface area contributed by atoms with Crippen LogP contribution in [0, 0.1) is 6.92 Å². The summed E-state index contributed by atoms with van der Waals surface area (Å²) in [4.78, 5) is 0.145.